The van der Waals surface area contributed by atoms with Gasteiger partial charge in [0.15, 0.2) is 0 Å². The third-order valence-electron chi connectivity index (χ3n) is 3.61. The molecule has 0 spiro atoms. The van der Waals surface area contributed by atoms with Crippen LogP contribution in [0.5, 0.6) is 0 Å². The highest BCUT2D eigenvalue weighted by molar-refractivity contribution is 5.57. The summed E-state index contributed by atoms with van der Waals surface area (Å²) in [6.45, 7) is 0.239. The van der Waals surface area contributed by atoms with Crippen molar-refractivity contribution >= 4 is 5.52 Å². The number of aliphatic hydroxyl groups excluding tert-OH is 1. The van der Waals surface area contributed by atoms with Crippen LogP contribution in [0, 0.1) is 0 Å². The van der Waals surface area contributed by atoms with Crippen LogP contribution in [0.4, 0.5) is 0 Å². The van der Waals surface area contributed by atoms with Crippen molar-refractivity contribution < 1.29 is 5.11 Å². The molecule has 1 fully saturated rings. The molecule has 0 aliphatic heterocycles. The fourth-order valence-corrected chi connectivity index (χ4v) is 2.46. The summed E-state index contributed by atoms with van der Waals surface area (Å²) in [6.07, 6.45) is 7.23. The molecule has 1 saturated carbocycles. The molecule has 3 rings (SSSR count). The normalized spacial score (nSPS) is 19.0. The van der Waals surface area contributed by atoms with E-state index in [9.17, 15) is 5.11 Å². The van der Waals surface area contributed by atoms with Crippen molar-refractivity contribution in [3.8, 4) is 0 Å². The first-order chi connectivity index (χ1) is 7.36. The van der Waals surface area contributed by atoms with Gasteiger partial charge in [0, 0.05) is 17.2 Å². The molecule has 78 valence electrons. The molecule has 0 saturated heterocycles. The van der Waals surface area contributed by atoms with Gasteiger partial charge in [-0.1, -0.05) is 12.5 Å². The number of hydrogen-bond acceptors (Lipinski definition) is 2. The van der Waals surface area contributed by atoms with E-state index in [-0.39, 0.29) is 12.0 Å². The second-order valence-electron chi connectivity index (χ2n) is 4.38. The maximum atomic E-state index is 9.53. The third-order valence-corrected chi connectivity index (χ3v) is 3.61. The first-order valence-electron chi connectivity index (χ1n) is 5.39. The highest BCUT2D eigenvalue weighted by atomic mass is 16.3. The Labute approximate surface area is 88.4 Å². The zero-order chi connectivity index (χ0) is 10.3. The Hall–Kier alpha value is -1.35. The van der Waals surface area contributed by atoms with E-state index >= 15 is 0 Å². The molecule has 0 atom stereocenters. The minimum atomic E-state index is -0.0108. The predicted molar refractivity (Wildman–Crippen MR) is 57.8 cm³/mol. The van der Waals surface area contributed by atoms with Crippen LogP contribution in [0.15, 0.2) is 30.6 Å². The summed E-state index contributed by atoms with van der Waals surface area (Å²) in [6, 6.07) is 6.05. The van der Waals surface area contributed by atoms with Crippen LogP contribution in [0.25, 0.3) is 5.52 Å². The van der Waals surface area contributed by atoms with Gasteiger partial charge in [-0.05, 0) is 25.0 Å². The first-order valence-corrected chi connectivity index (χ1v) is 5.39. The Balaban J connectivity index is 2.18. The Morgan fingerprint density at radius 3 is 2.93 bits per heavy atom. The molecule has 1 aliphatic carbocycles. The zero-order valence-corrected chi connectivity index (χ0v) is 8.56. The Bertz CT molecular complexity index is 480. The van der Waals surface area contributed by atoms with Crippen molar-refractivity contribution in [3.63, 3.8) is 0 Å². The van der Waals surface area contributed by atoms with E-state index in [4.69, 9.17) is 0 Å². The number of fused-ring (bicyclic) bond motifs is 1. The topological polar surface area (TPSA) is 37.5 Å². The molecule has 0 radical (unpaired) electrons. The van der Waals surface area contributed by atoms with Gasteiger partial charge in [-0.2, -0.15) is 5.10 Å². The van der Waals surface area contributed by atoms with Crippen molar-refractivity contribution in [1.82, 2.24) is 9.61 Å². The largest absolute Gasteiger partial charge is 0.395 e. The summed E-state index contributed by atoms with van der Waals surface area (Å²) in [7, 11) is 0. The minimum Gasteiger partial charge on any atom is -0.395 e. The molecule has 3 nitrogen and oxygen atoms in total. The Morgan fingerprint density at radius 1 is 1.40 bits per heavy atom. The summed E-state index contributed by atoms with van der Waals surface area (Å²) in [5.74, 6) is 0. The van der Waals surface area contributed by atoms with Gasteiger partial charge in [0.2, 0.25) is 0 Å². The highest BCUT2D eigenvalue weighted by Gasteiger charge is 2.40. The fourth-order valence-electron chi connectivity index (χ4n) is 2.46. The lowest BCUT2D eigenvalue weighted by Crippen LogP contribution is -2.37. The van der Waals surface area contributed by atoms with Gasteiger partial charge in [0.25, 0.3) is 0 Å². The van der Waals surface area contributed by atoms with Gasteiger partial charge >= 0.3 is 0 Å². The molecular formula is C12H14N2O. The van der Waals surface area contributed by atoms with Gasteiger partial charge in [-0.25, -0.2) is 4.52 Å². The molecule has 0 bridgehead atoms. The Morgan fingerprint density at radius 2 is 2.27 bits per heavy atom. The smallest absolute Gasteiger partial charge is 0.0700 e. The average Bonchev–Trinajstić information content (AvgIpc) is 2.62. The molecule has 2 aromatic heterocycles. The van der Waals surface area contributed by atoms with Gasteiger partial charge in [-0.3, -0.25) is 0 Å². The monoisotopic (exact) mass is 202 g/mol. The molecule has 0 aromatic carbocycles. The van der Waals surface area contributed by atoms with E-state index in [1.807, 2.05) is 29.0 Å². The number of aliphatic hydroxyl groups is 1. The maximum absolute atomic E-state index is 9.53. The average molecular weight is 202 g/mol. The molecule has 3 heteroatoms. The quantitative estimate of drug-likeness (QED) is 0.805. The van der Waals surface area contributed by atoms with Crippen molar-refractivity contribution in [2.24, 2.45) is 0 Å². The highest BCUT2D eigenvalue weighted by Crippen LogP contribution is 2.44. The zero-order valence-electron chi connectivity index (χ0n) is 8.56. The molecule has 0 amide bonds. The van der Waals surface area contributed by atoms with E-state index in [2.05, 4.69) is 11.2 Å². The molecule has 2 heterocycles. The number of pyridine rings is 1. The molecular weight excluding hydrogens is 188 g/mol. The molecule has 15 heavy (non-hydrogen) atoms. The van der Waals surface area contributed by atoms with Gasteiger partial charge < -0.3 is 5.11 Å². The van der Waals surface area contributed by atoms with Crippen molar-refractivity contribution in [3.05, 3.63) is 36.2 Å². The van der Waals surface area contributed by atoms with Crippen LogP contribution in [0.3, 0.4) is 0 Å². The lowest BCUT2D eigenvalue weighted by molar-refractivity contribution is 0.121. The predicted octanol–water partition coefficient (Wildman–Crippen LogP) is 1.75. The van der Waals surface area contributed by atoms with E-state index in [0.717, 1.165) is 18.4 Å². The standard InChI is InChI=1S/C12H14N2O/c15-9-12(5-3-6-12)10-8-13-14-7-2-1-4-11(10)14/h1-2,4,7-8,15H,3,5-6,9H2. The third kappa shape index (κ3) is 1.13. The number of aromatic nitrogens is 2. The molecule has 1 N–H and O–H groups in total. The number of hydrogen-bond donors (Lipinski definition) is 1. The van der Waals surface area contributed by atoms with Crippen LogP contribution in [0.1, 0.15) is 24.8 Å². The van der Waals surface area contributed by atoms with Crippen LogP contribution >= 0.6 is 0 Å². The lowest BCUT2D eigenvalue weighted by atomic mass is 9.65. The van der Waals surface area contributed by atoms with E-state index in [0.29, 0.717) is 0 Å². The van der Waals surface area contributed by atoms with Crippen LogP contribution in [-0.4, -0.2) is 21.3 Å². The van der Waals surface area contributed by atoms with Crippen molar-refractivity contribution in [1.29, 1.82) is 0 Å². The van der Waals surface area contributed by atoms with E-state index in [1.54, 1.807) is 0 Å². The van der Waals surface area contributed by atoms with Crippen LogP contribution in [-0.2, 0) is 5.41 Å². The summed E-state index contributed by atoms with van der Waals surface area (Å²) < 4.78 is 1.88. The second kappa shape index (κ2) is 3.07. The number of nitrogens with zero attached hydrogens (tertiary/aromatic N) is 2. The molecule has 1 aliphatic rings. The van der Waals surface area contributed by atoms with Crippen LogP contribution in [0.2, 0.25) is 0 Å². The van der Waals surface area contributed by atoms with E-state index in [1.165, 1.54) is 12.0 Å². The maximum Gasteiger partial charge on any atom is 0.0700 e. The van der Waals surface area contributed by atoms with Crippen molar-refractivity contribution in [2.75, 3.05) is 6.61 Å². The van der Waals surface area contributed by atoms with Gasteiger partial charge in [0.1, 0.15) is 0 Å². The first kappa shape index (κ1) is 8.92. The second-order valence-corrected chi connectivity index (χ2v) is 4.38. The Kier molecular flexibility index (Phi) is 1.83. The summed E-state index contributed by atoms with van der Waals surface area (Å²) >= 11 is 0. The van der Waals surface area contributed by atoms with Crippen molar-refractivity contribution in [2.45, 2.75) is 24.7 Å². The minimum absolute atomic E-state index is 0.0108. The number of rotatable bonds is 2. The van der Waals surface area contributed by atoms with Gasteiger partial charge in [0.05, 0.1) is 18.3 Å². The van der Waals surface area contributed by atoms with Crippen LogP contribution < -0.4 is 0 Å². The molecule has 2 aromatic rings. The van der Waals surface area contributed by atoms with E-state index < -0.39 is 0 Å². The van der Waals surface area contributed by atoms with Gasteiger partial charge in [-0.15, -0.1) is 0 Å². The lowest BCUT2D eigenvalue weighted by Gasteiger charge is -2.39. The fraction of sp³-hybridized carbons (Fsp3) is 0.417. The summed E-state index contributed by atoms with van der Waals surface area (Å²) in [5, 5.41) is 13.9. The molecule has 0 unspecified atom stereocenters. The summed E-state index contributed by atoms with van der Waals surface area (Å²) in [4.78, 5) is 0. The SMILES string of the molecule is OCC1(c2cnn3ccccc23)CCC1. The summed E-state index contributed by atoms with van der Waals surface area (Å²) in [5.41, 5.74) is 2.33.